The van der Waals surface area contributed by atoms with Crippen molar-refractivity contribution in [2.24, 2.45) is 5.84 Å². The summed E-state index contributed by atoms with van der Waals surface area (Å²) in [5.74, 6) is 5.64. The van der Waals surface area contributed by atoms with Crippen LogP contribution in [0.1, 0.15) is 29.6 Å². The maximum atomic E-state index is 12.3. The molecule has 0 spiro atoms. The molecule has 1 aromatic rings. The molecule has 2 atom stereocenters. The molecule has 0 aromatic carbocycles. The van der Waals surface area contributed by atoms with Gasteiger partial charge in [-0.2, -0.15) is 11.8 Å². The topological polar surface area (TPSA) is 80.0 Å². The van der Waals surface area contributed by atoms with Crippen LogP contribution in [0.25, 0.3) is 0 Å². The van der Waals surface area contributed by atoms with Gasteiger partial charge >= 0.3 is 0 Å². The van der Waals surface area contributed by atoms with Crippen LogP contribution in [-0.4, -0.2) is 28.4 Å². The van der Waals surface area contributed by atoms with Gasteiger partial charge in [-0.3, -0.25) is 4.79 Å². The van der Waals surface area contributed by atoms with E-state index in [1.54, 1.807) is 12.3 Å². The highest BCUT2D eigenvalue weighted by Crippen LogP contribution is 2.29. The molecular formula is C12H17BrN4OS. The first-order valence-corrected chi connectivity index (χ1v) is 8.19. The molecule has 0 saturated heterocycles. The molecule has 0 bridgehead atoms. The fourth-order valence-electron chi connectivity index (χ4n) is 2.35. The van der Waals surface area contributed by atoms with E-state index in [1.165, 1.54) is 0 Å². The first-order chi connectivity index (χ1) is 9.15. The van der Waals surface area contributed by atoms with Gasteiger partial charge in [0.2, 0.25) is 0 Å². The van der Waals surface area contributed by atoms with Crippen LogP contribution in [0.4, 0.5) is 5.82 Å². The zero-order chi connectivity index (χ0) is 13.8. The number of aromatic nitrogens is 1. The average molecular weight is 345 g/mol. The van der Waals surface area contributed by atoms with Crippen LogP contribution in [0.3, 0.4) is 0 Å². The predicted octanol–water partition coefficient (Wildman–Crippen LogP) is 2.14. The van der Waals surface area contributed by atoms with Crippen LogP contribution in [0, 0.1) is 0 Å². The molecule has 1 heterocycles. The zero-order valence-corrected chi connectivity index (χ0v) is 13.1. The van der Waals surface area contributed by atoms with Gasteiger partial charge in [0.05, 0.1) is 5.56 Å². The highest BCUT2D eigenvalue weighted by Gasteiger charge is 2.28. The summed E-state index contributed by atoms with van der Waals surface area (Å²) < 4.78 is 0.754. The average Bonchev–Trinajstić information content (AvgIpc) is 2.85. The molecule has 2 unspecified atom stereocenters. The van der Waals surface area contributed by atoms with Crippen LogP contribution in [0.15, 0.2) is 16.7 Å². The minimum absolute atomic E-state index is 0.132. The number of rotatable bonds is 4. The van der Waals surface area contributed by atoms with Crippen molar-refractivity contribution in [3.05, 3.63) is 22.3 Å². The van der Waals surface area contributed by atoms with E-state index in [2.05, 4.69) is 37.9 Å². The Kier molecular flexibility index (Phi) is 5.06. The van der Waals surface area contributed by atoms with E-state index in [-0.39, 0.29) is 11.9 Å². The number of pyridine rings is 1. The largest absolute Gasteiger partial charge is 0.348 e. The normalized spacial score (nSPS) is 22.3. The highest BCUT2D eigenvalue weighted by molar-refractivity contribution is 9.10. The molecule has 2 rings (SSSR count). The molecule has 7 heteroatoms. The van der Waals surface area contributed by atoms with Gasteiger partial charge in [-0.15, -0.1) is 0 Å². The monoisotopic (exact) mass is 344 g/mol. The van der Waals surface area contributed by atoms with E-state index in [4.69, 9.17) is 5.84 Å². The number of amides is 1. The van der Waals surface area contributed by atoms with Gasteiger partial charge in [-0.25, -0.2) is 10.8 Å². The number of nitrogen functional groups attached to an aromatic ring is 1. The summed E-state index contributed by atoms with van der Waals surface area (Å²) in [6, 6.07) is 1.95. The van der Waals surface area contributed by atoms with Gasteiger partial charge in [-0.05, 0) is 41.1 Å². The molecule has 19 heavy (non-hydrogen) atoms. The lowest BCUT2D eigenvalue weighted by atomic mass is 10.2. The Morgan fingerprint density at radius 3 is 3.05 bits per heavy atom. The number of nitrogens with zero attached hydrogens (tertiary/aromatic N) is 1. The predicted molar refractivity (Wildman–Crippen MR) is 82.2 cm³/mol. The molecule has 4 N–H and O–H groups in total. The van der Waals surface area contributed by atoms with Crippen molar-refractivity contribution in [2.75, 3.05) is 11.7 Å². The fourth-order valence-corrected chi connectivity index (χ4v) is 3.61. The van der Waals surface area contributed by atoms with Crippen molar-refractivity contribution < 1.29 is 4.79 Å². The third kappa shape index (κ3) is 3.40. The third-order valence-corrected chi connectivity index (χ3v) is 4.91. The molecule has 1 aromatic heterocycles. The molecule has 5 nitrogen and oxygen atoms in total. The van der Waals surface area contributed by atoms with Gasteiger partial charge in [0.1, 0.15) is 0 Å². The lowest BCUT2D eigenvalue weighted by Crippen LogP contribution is -2.39. The minimum atomic E-state index is -0.132. The Hall–Kier alpha value is -0.790. The quantitative estimate of drug-likeness (QED) is 0.576. The number of hydrogen-bond donors (Lipinski definition) is 3. The number of nitrogens with two attached hydrogens (primary N) is 1. The molecule has 0 radical (unpaired) electrons. The fraction of sp³-hybridized carbons (Fsp3) is 0.500. The van der Waals surface area contributed by atoms with Crippen molar-refractivity contribution in [1.29, 1.82) is 0 Å². The third-order valence-electron chi connectivity index (χ3n) is 3.31. The van der Waals surface area contributed by atoms with E-state index >= 15 is 0 Å². The Morgan fingerprint density at radius 1 is 1.58 bits per heavy atom. The Bertz CT molecular complexity index is 471. The van der Waals surface area contributed by atoms with Crippen molar-refractivity contribution >= 4 is 39.4 Å². The summed E-state index contributed by atoms with van der Waals surface area (Å²) in [7, 11) is 0. The molecule has 104 valence electrons. The number of halogens is 1. The van der Waals surface area contributed by atoms with Crippen LogP contribution in [-0.2, 0) is 0 Å². The van der Waals surface area contributed by atoms with Gasteiger partial charge < -0.3 is 10.7 Å². The number of nitrogens with one attached hydrogen (secondary N) is 2. The van der Waals surface area contributed by atoms with Gasteiger partial charge in [0, 0.05) is 22.0 Å². The van der Waals surface area contributed by atoms with Crippen LogP contribution in [0.5, 0.6) is 0 Å². The number of hydrogen-bond acceptors (Lipinski definition) is 5. The second kappa shape index (κ2) is 6.58. The second-order valence-corrected chi connectivity index (χ2v) is 6.47. The lowest BCUT2D eigenvalue weighted by molar-refractivity contribution is 0.0939. The second-order valence-electron chi connectivity index (χ2n) is 4.48. The molecule has 1 amide bonds. The number of hydrazine groups is 1. The van der Waals surface area contributed by atoms with Crippen LogP contribution in [0.2, 0.25) is 0 Å². The van der Waals surface area contributed by atoms with Crippen molar-refractivity contribution in [1.82, 2.24) is 10.3 Å². The summed E-state index contributed by atoms with van der Waals surface area (Å²) in [5.41, 5.74) is 2.92. The first-order valence-electron chi connectivity index (χ1n) is 6.11. The zero-order valence-electron chi connectivity index (χ0n) is 10.6. The molecule has 1 aliphatic rings. The molecule has 1 fully saturated rings. The smallest absolute Gasteiger partial charge is 0.255 e. The maximum absolute atomic E-state index is 12.3. The van der Waals surface area contributed by atoms with Gasteiger partial charge in [0.15, 0.2) is 5.82 Å². The van der Waals surface area contributed by atoms with E-state index in [1.807, 2.05) is 11.8 Å². The number of thioether (sulfide) groups is 1. The van der Waals surface area contributed by atoms with E-state index in [0.29, 0.717) is 16.6 Å². The lowest BCUT2D eigenvalue weighted by Gasteiger charge is -2.19. The standard InChI is InChI=1S/C12H17BrN4OS/c1-19-10-4-2-3-9(10)16-12(18)8-5-7(13)6-15-11(8)17-14/h5-6,9-10H,2-4,14H2,1H3,(H,15,17)(H,16,18). The van der Waals surface area contributed by atoms with Crippen LogP contribution < -0.4 is 16.6 Å². The highest BCUT2D eigenvalue weighted by atomic mass is 79.9. The summed E-state index contributed by atoms with van der Waals surface area (Å²) in [4.78, 5) is 16.4. The van der Waals surface area contributed by atoms with E-state index in [9.17, 15) is 4.79 Å². The van der Waals surface area contributed by atoms with Crippen molar-refractivity contribution in [3.63, 3.8) is 0 Å². The van der Waals surface area contributed by atoms with E-state index < -0.39 is 0 Å². The number of anilines is 1. The SMILES string of the molecule is CSC1CCCC1NC(=O)c1cc(Br)cnc1NN. The van der Waals surface area contributed by atoms with Gasteiger partial charge in [0.25, 0.3) is 5.91 Å². The molecule has 1 saturated carbocycles. The number of carbonyl (C=O) groups is 1. The molecule has 0 aliphatic heterocycles. The summed E-state index contributed by atoms with van der Waals surface area (Å²) in [6.07, 6.45) is 7.04. The molecular weight excluding hydrogens is 328 g/mol. The Balaban J connectivity index is 2.13. The Labute approximate surface area is 125 Å². The van der Waals surface area contributed by atoms with Crippen molar-refractivity contribution in [2.45, 2.75) is 30.6 Å². The van der Waals surface area contributed by atoms with E-state index in [0.717, 1.165) is 23.7 Å². The summed E-state index contributed by atoms with van der Waals surface area (Å²) in [5, 5.41) is 3.58. The summed E-state index contributed by atoms with van der Waals surface area (Å²) >= 11 is 5.13. The van der Waals surface area contributed by atoms with Crippen LogP contribution >= 0.6 is 27.7 Å². The maximum Gasteiger partial charge on any atom is 0.255 e. The summed E-state index contributed by atoms with van der Waals surface area (Å²) in [6.45, 7) is 0. The number of carbonyl (C=O) groups excluding carboxylic acids is 1. The Morgan fingerprint density at radius 2 is 2.37 bits per heavy atom. The first kappa shape index (κ1) is 14.6. The minimum Gasteiger partial charge on any atom is -0.348 e. The van der Waals surface area contributed by atoms with Crippen molar-refractivity contribution in [3.8, 4) is 0 Å². The molecule has 1 aliphatic carbocycles. The van der Waals surface area contributed by atoms with Gasteiger partial charge in [-0.1, -0.05) is 6.42 Å².